The SMILES string of the molecule is CS(=O)(=O)c1cccc(NC(=O)CN2CCC[C@H]2c2nc3ccccc3s2)c1. The minimum atomic E-state index is -3.31. The van der Waals surface area contributed by atoms with Crippen molar-refractivity contribution in [3.05, 3.63) is 53.5 Å². The number of fused-ring (bicyclic) bond motifs is 1. The number of nitrogens with one attached hydrogen (secondary N) is 1. The number of para-hydroxylation sites is 1. The fourth-order valence-corrected chi connectivity index (χ4v) is 5.32. The summed E-state index contributed by atoms with van der Waals surface area (Å²) in [6, 6.07) is 14.5. The molecule has 1 fully saturated rings. The second-order valence-electron chi connectivity index (χ2n) is 7.00. The van der Waals surface area contributed by atoms with Gasteiger partial charge < -0.3 is 5.32 Å². The standard InChI is InChI=1S/C20H21N3O3S2/c1-28(25,26)15-7-4-6-14(12-15)21-19(24)13-23-11-5-9-17(23)20-22-16-8-2-3-10-18(16)27-20/h2-4,6-8,10,12,17H,5,9,11,13H2,1H3,(H,21,24)/t17-/m0/s1. The number of hydrogen-bond donors (Lipinski definition) is 1. The third kappa shape index (κ3) is 4.09. The quantitative estimate of drug-likeness (QED) is 0.690. The number of carbonyl (C=O) groups is 1. The van der Waals surface area contributed by atoms with Crippen molar-refractivity contribution in [3.63, 3.8) is 0 Å². The molecular formula is C20H21N3O3S2. The Balaban J connectivity index is 1.46. The van der Waals surface area contributed by atoms with Gasteiger partial charge >= 0.3 is 0 Å². The third-order valence-corrected chi connectivity index (χ3v) is 7.10. The first kappa shape index (κ1) is 19.0. The van der Waals surface area contributed by atoms with E-state index in [4.69, 9.17) is 4.98 Å². The van der Waals surface area contributed by atoms with Crippen molar-refractivity contribution in [2.75, 3.05) is 24.7 Å². The molecule has 2 aromatic carbocycles. The van der Waals surface area contributed by atoms with Crippen molar-refractivity contribution < 1.29 is 13.2 Å². The van der Waals surface area contributed by atoms with Crippen LogP contribution in [0.4, 0.5) is 5.69 Å². The van der Waals surface area contributed by atoms with E-state index < -0.39 is 9.84 Å². The highest BCUT2D eigenvalue weighted by atomic mass is 32.2. The Hall–Kier alpha value is -2.29. The number of benzene rings is 2. The zero-order valence-corrected chi connectivity index (χ0v) is 17.1. The summed E-state index contributed by atoms with van der Waals surface area (Å²) in [4.78, 5) is 19.7. The number of nitrogens with zero attached hydrogens (tertiary/aromatic N) is 2. The zero-order chi connectivity index (χ0) is 19.7. The molecule has 1 aromatic heterocycles. The molecule has 3 aromatic rings. The molecule has 1 aliphatic heterocycles. The summed E-state index contributed by atoms with van der Waals surface area (Å²) in [5.74, 6) is -0.154. The van der Waals surface area contributed by atoms with Crippen molar-refractivity contribution in [3.8, 4) is 0 Å². The van der Waals surface area contributed by atoms with Crippen LogP contribution in [0.5, 0.6) is 0 Å². The maximum atomic E-state index is 12.6. The second kappa shape index (κ2) is 7.62. The van der Waals surface area contributed by atoms with Gasteiger partial charge in [0.05, 0.1) is 27.7 Å². The highest BCUT2D eigenvalue weighted by Crippen LogP contribution is 2.36. The number of amides is 1. The third-order valence-electron chi connectivity index (χ3n) is 4.85. The normalized spacial score (nSPS) is 17.8. The predicted molar refractivity (Wildman–Crippen MR) is 111 cm³/mol. The van der Waals surface area contributed by atoms with Gasteiger partial charge in [-0.2, -0.15) is 0 Å². The minimum absolute atomic E-state index is 0.144. The summed E-state index contributed by atoms with van der Waals surface area (Å²) in [7, 11) is -3.31. The van der Waals surface area contributed by atoms with Crippen LogP contribution in [-0.4, -0.2) is 43.6 Å². The van der Waals surface area contributed by atoms with Gasteiger partial charge in [0, 0.05) is 11.9 Å². The maximum absolute atomic E-state index is 12.6. The number of carbonyl (C=O) groups excluding carboxylic acids is 1. The highest BCUT2D eigenvalue weighted by Gasteiger charge is 2.30. The summed E-state index contributed by atoms with van der Waals surface area (Å²) >= 11 is 1.68. The molecule has 0 unspecified atom stereocenters. The van der Waals surface area contributed by atoms with Crippen molar-refractivity contribution in [2.45, 2.75) is 23.8 Å². The summed E-state index contributed by atoms with van der Waals surface area (Å²) in [6.07, 6.45) is 3.16. The lowest BCUT2D eigenvalue weighted by atomic mass is 10.2. The Bertz CT molecular complexity index is 1090. The first-order valence-corrected chi connectivity index (χ1v) is 11.8. The minimum Gasteiger partial charge on any atom is -0.325 e. The monoisotopic (exact) mass is 415 g/mol. The molecule has 1 aliphatic rings. The van der Waals surface area contributed by atoms with Crippen LogP contribution in [0.25, 0.3) is 10.2 Å². The second-order valence-corrected chi connectivity index (χ2v) is 10.1. The van der Waals surface area contributed by atoms with Crippen LogP contribution in [-0.2, 0) is 14.6 Å². The Morgan fingerprint density at radius 1 is 1.25 bits per heavy atom. The molecule has 1 saturated heterocycles. The van der Waals surface area contributed by atoms with Gasteiger partial charge in [0.25, 0.3) is 0 Å². The van der Waals surface area contributed by atoms with Crippen LogP contribution in [0.15, 0.2) is 53.4 Å². The average Bonchev–Trinajstić information content (AvgIpc) is 3.27. The van der Waals surface area contributed by atoms with Crippen LogP contribution in [0.1, 0.15) is 23.9 Å². The topological polar surface area (TPSA) is 79.4 Å². The van der Waals surface area contributed by atoms with E-state index in [0.29, 0.717) is 5.69 Å². The number of thiazole rings is 1. The van der Waals surface area contributed by atoms with Crippen molar-refractivity contribution in [1.29, 1.82) is 0 Å². The first-order valence-electron chi connectivity index (χ1n) is 9.10. The molecule has 28 heavy (non-hydrogen) atoms. The zero-order valence-electron chi connectivity index (χ0n) is 15.5. The summed E-state index contributed by atoms with van der Waals surface area (Å²) in [6.45, 7) is 1.10. The van der Waals surface area contributed by atoms with Crippen molar-refractivity contribution >= 4 is 43.0 Å². The number of likely N-dealkylation sites (tertiary alicyclic amines) is 1. The Kier molecular flexibility index (Phi) is 5.18. The molecule has 0 spiro atoms. The summed E-state index contributed by atoms with van der Waals surface area (Å²) < 4.78 is 24.6. The highest BCUT2D eigenvalue weighted by molar-refractivity contribution is 7.90. The largest absolute Gasteiger partial charge is 0.325 e. The van der Waals surface area contributed by atoms with E-state index in [-0.39, 0.29) is 23.4 Å². The molecule has 146 valence electrons. The van der Waals surface area contributed by atoms with E-state index in [0.717, 1.165) is 40.9 Å². The lowest BCUT2D eigenvalue weighted by Crippen LogP contribution is -2.32. The fraction of sp³-hybridized carbons (Fsp3) is 0.300. The van der Waals surface area contributed by atoms with E-state index >= 15 is 0 Å². The van der Waals surface area contributed by atoms with E-state index in [1.54, 1.807) is 23.5 Å². The van der Waals surface area contributed by atoms with Crippen molar-refractivity contribution in [2.24, 2.45) is 0 Å². The molecule has 8 heteroatoms. The first-order chi connectivity index (χ1) is 13.4. The summed E-state index contributed by atoms with van der Waals surface area (Å²) in [5, 5.41) is 3.86. The predicted octanol–water partition coefficient (Wildman–Crippen LogP) is 3.48. The van der Waals surface area contributed by atoms with Crippen LogP contribution in [0.3, 0.4) is 0 Å². The van der Waals surface area contributed by atoms with Gasteiger partial charge in [0.15, 0.2) is 9.84 Å². The molecule has 0 bridgehead atoms. The molecule has 2 heterocycles. The number of anilines is 1. The van der Waals surface area contributed by atoms with Gasteiger partial charge in [0.2, 0.25) is 5.91 Å². The van der Waals surface area contributed by atoms with Gasteiger partial charge in [-0.1, -0.05) is 18.2 Å². The lowest BCUT2D eigenvalue weighted by molar-refractivity contribution is -0.117. The van der Waals surface area contributed by atoms with Crippen LogP contribution in [0.2, 0.25) is 0 Å². The van der Waals surface area contributed by atoms with Gasteiger partial charge in [-0.25, -0.2) is 13.4 Å². The molecule has 6 nitrogen and oxygen atoms in total. The Morgan fingerprint density at radius 2 is 2.07 bits per heavy atom. The van der Waals surface area contributed by atoms with E-state index in [1.165, 1.54) is 12.1 Å². The lowest BCUT2D eigenvalue weighted by Gasteiger charge is -2.22. The van der Waals surface area contributed by atoms with E-state index in [1.807, 2.05) is 18.2 Å². The van der Waals surface area contributed by atoms with Crippen LogP contribution in [0, 0.1) is 0 Å². The average molecular weight is 416 g/mol. The van der Waals surface area contributed by atoms with Gasteiger partial charge in [-0.05, 0) is 49.7 Å². The van der Waals surface area contributed by atoms with E-state index in [2.05, 4.69) is 16.3 Å². The van der Waals surface area contributed by atoms with Gasteiger partial charge in [-0.15, -0.1) is 11.3 Å². The number of rotatable bonds is 5. The molecule has 1 amide bonds. The molecular weight excluding hydrogens is 394 g/mol. The molecule has 0 saturated carbocycles. The maximum Gasteiger partial charge on any atom is 0.238 e. The van der Waals surface area contributed by atoms with Crippen molar-refractivity contribution in [1.82, 2.24) is 9.88 Å². The smallest absolute Gasteiger partial charge is 0.238 e. The van der Waals surface area contributed by atoms with Crippen LogP contribution < -0.4 is 5.32 Å². The Morgan fingerprint density at radius 3 is 2.86 bits per heavy atom. The summed E-state index contributed by atoms with van der Waals surface area (Å²) in [5.41, 5.74) is 1.49. The number of hydrogen-bond acceptors (Lipinski definition) is 6. The molecule has 0 radical (unpaired) electrons. The number of sulfone groups is 1. The van der Waals surface area contributed by atoms with Gasteiger partial charge in [0.1, 0.15) is 5.01 Å². The molecule has 1 atom stereocenters. The number of aromatic nitrogens is 1. The molecule has 0 aliphatic carbocycles. The van der Waals surface area contributed by atoms with Crippen LogP contribution >= 0.6 is 11.3 Å². The molecule has 4 rings (SSSR count). The Labute approximate surface area is 168 Å². The van der Waals surface area contributed by atoms with E-state index in [9.17, 15) is 13.2 Å². The molecule has 1 N–H and O–H groups in total. The van der Waals surface area contributed by atoms with Gasteiger partial charge in [-0.3, -0.25) is 9.69 Å². The fourth-order valence-electron chi connectivity index (χ4n) is 3.52.